The summed E-state index contributed by atoms with van der Waals surface area (Å²) in [4.78, 5) is 27.2. The molecule has 0 saturated carbocycles. The van der Waals surface area contributed by atoms with Crippen LogP contribution in [0, 0.1) is 0 Å². The lowest BCUT2D eigenvalue weighted by molar-refractivity contribution is 0.655. The van der Waals surface area contributed by atoms with Crippen LogP contribution < -0.4 is 11.2 Å². The van der Waals surface area contributed by atoms with E-state index in [1.807, 2.05) is 41.1 Å². The number of rotatable bonds is 4. The Morgan fingerprint density at radius 1 is 0.964 bits per heavy atom. The van der Waals surface area contributed by atoms with E-state index in [-0.39, 0.29) is 17.8 Å². The molecule has 4 aromatic heterocycles. The van der Waals surface area contributed by atoms with Crippen LogP contribution in [-0.2, 0) is 13.1 Å². The summed E-state index contributed by atoms with van der Waals surface area (Å²) in [6.45, 7) is 0.607. The van der Waals surface area contributed by atoms with Crippen molar-refractivity contribution in [3.8, 4) is 0 Å². The average Bonchev–Trinajstić information content (AvgIpc) is 3.42. The highest BCUT2D eigenvalue weighted by Crippen LogP contribution is 2.20. The molecular weight excluding hydrogens is 416 g/mol. The predicted molar refractivity (Wildman–Crippen MR) is 113 cm³/mol. The van der Waals surface area contributed by atoms with Gasteiger partial charge in [-0.25, -0.2) is 13.9 Å². The molecule has 0 saturated heterocycles. The second-order valence-electron chi connectivity index (χ2n) is 6.27. The quantitative estimate of drug-likeness (QED) is 0.438. The smallest absolute Gasteiger partial charge is 0.270 e. The Morgan fingerprint density at radius 3 is 2.61 bits per heavy atom. The van der Waals surface area contributed by atoms with Gasteiger partial charge in [0.25, 0.3) is 5.56 Å². The first-order valence-corrected chi connectivity index (χ1v) is 10.6. The highest BCUT2D eigenvalue weighted by Gasteiger charge is 2.19. The van der Waals surface area contributed by atoms with E-state index in [4.69, 9.17) is 11.6 Å². The monoisotopic (exact) mass is 428 g/mol. The maximum atomic E-state index is 13.1. The zero-order valence-electron chi connectivity index (χ0n) is 14.4. The first kappa shape index (κ1) is 17.4. The van der Waals surface area contributed by atoms with Crippen molar-refractivity contribution < 1.29 is 0 Å². The van der Waals surface area contributed by atoms with Gasteiger partial charge in [0.15, 0.2) is 0 Å². The SMILES string of the molecule is O=c1c2sccc2n2c(=O)n(Cc3ccccc3Cl)nc2n1Cc1cccs1. The number of fused-ring (bicyclic) bond motifs is 3. The molecule has 4 heterocycles. The van der Waals surface area contributed by atoms with Crippen molar-refractivity contribution in [1.82, 2.24) is 18.7 Å². The number of hydrogen-bond acceptors (Lipinski definition) is 5. The van der Waals surface area contributed by atoms with E-state index in [1.54, 1.807) is 28.0 Å². The van der Waals surface area contributed by atoms with E-state index >= 15 is 0 Å². The van der Waals surface area contributed by atoms with Crippen LogP contribution in [0.15, 0.2) is 62.8 Å². The largest absolute Gasteiger partial charge is 0.352 e. The molecule has 28 heavy (non-hydrogen) atoms. The number of aromatic nitrogens is 4. The first-order valence-electron chi connectivity index (χ1n) is 8.49. The lowest BCUT2D eigenvalue weighted by Gasteiger charge is -2.06. The fourth-order valence-electron chi connectivity index (χ4n) is 3.23. The van der Waals surface area contributed by atoms with Gasteiger partial charge in [0.2, 0.25) is 5.78 Å². The molecule has 0 N–H and O–H groups in total. The third kappa shape index (κ3) is 2.72. The van der Waals surface area contributed by atoms with Gasteiger partial charge in [-0.1, -0.05) is 35.9 Å². The Kier molecular flexibility index (Phi) is 4.19. The Balaban J connectivity index is 1.77. The third-order valence-corrected chi connectivity index (χ3v) is 6.68. The molecule has 0 spiro atoms. The maximum Gasteiger partial charge on any atom is 0.352 e. The molecule has 0 unspecified atom stereocenters. The third-order valence-electron chi connectivity index (χ3n) is 4.56. The molecule has 0 aliphatic rings. The number of hydrogen-bond donors (Lipinski definition) is 0. The van der Waals surface area contributed by atoms with Crippen LogP contribution in [0.1, 0.15) is 10.4 Å². The highest BCUT2D eigenvalue weighted by atomic mass is 35.5. The van der Waals surface area contributed by atoms with Crippen molar-refractivity contribution in [2.45, 2.75) is 13.1 Å². The van der Waals surface area contributed by atoms with E-state index < -0.39 is 0 Å². The van der Waals surface area contributed by atoms with Gasteiger partial charge in [-0.2, -0.15) is 0 Å². The van der Waals surface area contributed by atoms with Crippen LogP contribution in [0.3, 0.4) is 0 Å². The van der Waals surface area contributed by atoms with E-state index in [1.165, 1.54) is 20.4 Å². The molecule has 0 aliphatic heterocycles. The minimum absolute atomic E-state index is 0.138. The molecule has 0 aliphatic carbocycles. The number of benzene rings is 1. The molecule has 0 atom stereocenters. The molecule has 5 rings (SSSR count). The van der Waals surface area contributed by atoms with E-state index in [9.17, 15) is 9.59 Å². The Hall–Kier alpha value is -2.68. The minimum Gasteiger partial charge on any atom is -0.270 e. The molecule has 9 heteroatoms. The molecule has 5 aromatic rings. The summed E-state index contributed by atoms with van der Waals surface area (Å²) in [6, 6.07) is 13.0. The number of nitrogens with zero attached hydrogens (tertiary/aromatic N) is 4. The zero-order valence-corrected chi connectivity index (χ0v) is 16.8. The van der Waals surface area contributed by atoms with Gasteiger partial charge in [0.05, 0.1) is 18.6 Å². The maximum absolute atomic E-state index is 13.1. The van der Waals surface area contributed by atoms with Crippen molar-refractivity contribution in [3.05, 3.63) is 89.5 Å². The number of halogens is 1. The topological polar surface area (TPSA) is 61.3 Å². The van der Waals surface area contributed by atoms with E-state index in [2.05, 4.69) is 5.10 Å². The van der Waals surface area contributed by atoms with Crippen LogP contribution in [0.4, 0.5) is 0 Å². The van der Waals surface area contributed by atoms with Gasteiger partial charge in [-0.05, 0) is 34.5 Å². The number of thiophene rings is 2. The van der Waals surface area contributed by atoms with Crippen molar-refractivity contribution in [3.63, 3.8) is 0 Å². The lowest BCUT2D eigenvalue weighted by Crippen LogP contribution is -2.26. The Bertz CT molecular complexity index is 1430. The van der Waals surface area contributed by atoms with E-state index in [0.29, 0.717) is 27.6 Å². The molecule has 140 valence electrons. The van der Waals surface area contributed by atoms with Gasteiger partial charge in [0, 0.05) is 9.90 Å². The van der Waals surface area contributed by atoms with Gasteiger partial charge >= 0.3 is 5.69 Å². The van der Waals surface area contributed by atoms with Gasteiger partial charge in [-0.15, -0.1) is 27.8 Å². The van der Waals surface area contributed by atoms with E-state index in [0.717, 1.165) is 10.4 Å². The molecular formula is C19H13ClN4O2S2. The molecule has 0 fully saturated rings. The van der Waals surface area contributed by atoms with Crippen molar-refractivity contribution in [1.29, 1.82) is 0 Å². The predicted octanol–water partition coefficient (Wildman–Crippen LogP) is 3.68. The van der Waals surface area contributed by atoms with Crippen LogP contribution >= 0.6 is 34.3 Å². The lowest BCUT2D eigenvalue weighted by atomic mass is 10.2. The van der Waals surface area contributed by atoms with Crippen LogP contribution in [-0.4, -0.2) is 18.7 Å². The summed E-state index contributed by atoms with van der Waals surface area (Å²) < 4.78 is 4.98. The van der Waals surface area contributed by atoms with Crippen molar-refractivity contribution in [2.75, 3.05) is 0 Å². The standard InChI is InChI=1S/C19H13ClN4O2S2/c20-14-6-2-1-4-12(14)10-23-19(26)24-15-7-9-28-16(15)17(25)22(18(24)21-23)11-13-5-3-8-27-13/h1-9H,10-11H2. The summed E-state index contributed by atoms with van der Waals surface area (Å²) in [6.07, 6.45) is 0. The summed E-state index contributed by atoms with van der Waals surface area (Å²) >= 11 is 9.15. The summed E-state index contributed by atoms with van der Waals surface area (Å²) in [7, 11) is 0. The van der Waals surface area contributed by atoms with Gasteiger partial charge in [-0.3, -0.25) is 9.36 Å². The Labute approximate surface area is 171 Å². The van der Waals surface area contributed by atoms with Crippen molar-refractivity contribution >= 4 is 50.3 Å². The average molecular weight is 429 g/mol. The fourth-order valence-corrected chi connectivity index (χ4v) is 4.94. The highest BCUT2D eigenvalue weighted by molar-refractivity contribution is 7.17. The van der Waals surface area contributed by atoms with Crippen molar-refractivity contribution in [2.24, 2.45) is 0 Å². The molecule has 1 aromatic carbocycles. The van der Waals surface area contributed by atoms with Crippen LogP contribution in [0.25, 0.3) is 16.0 Å². The molecule has 0 amide bonds. The minimum atomic E-state index is -0.293. The summed E-state index contributed by atoms with van der Waals surface area (Å²) in [5, 5.41) is 8.85. The second-order valence-corrected chi connectivity index (χ2v) is 8.63. The molecule has 0 radical (unpaired) electrons. The Morgan fingerprint density at radius 2 is 1.82 bits per heavy atom. The van der Waals surface area contributed by atoms with Crippen LogP contribution in [0.2, 0.25) is 5.02 Å². The zero-order chi connectivity index (χ0) is 19.3. The van der Waals surface area contributed by atoms with Crippen LogP contribution in [0.5, 0.6) is 0 Å². The summed E-state index contributed by atoms with van der Waals surface area (Å²) in [5.74, 6) is 0.335. The van der Waals surface area contributed by atoms with Gasteiger partial charge < -0.3 is 0 Å². The molecule has 0 bridgehead atoms. The normalized spacial score (nSPS) is 11.6. The first-order chi connectivity index (χ1) is 13.6. The summed E-state index contributed by atoms with van der Waals surface area (Å²) in [5.41, 5.74) is 0.949. The molecule has 6 nitrogen and oxygen atoms in total. The fraction of sp³-hybridized carbons (Fsp3) is 0.105. The van der Waals surface area contributed by atoms with Gasteiger partial charge in [0.1, 0.15) is 4.70 Å². The second kappa shape index (κ2) is 6.73.